The second kappa shape index (κ2) is 6.12. The fourth-order valence-corrected chi connectivity index (χ4v) is 1.65. The maximum atomic E-state index is 11.9. The van der Waals surface area contributed by atoms with Crippen LogP contribution in [0.1, 0.15) is 24.2 Å². The summed E-state index contributed by atoms with van der Waals surface area (Å²) < 4.78 is 5.51. The van der Waals surface area contributed by atoms with Crippen molar-refractivity contribution in [3.63, 3.8) is 0 Å². The molecule has 0 atom stereocenters. The largest absolute Gasteiger partial charge is 0.377 e. The number of ether oxygens (including phenoxy) is 1. The molecule has 0 spiro atoms. The molecule has 1 N–H and O–H groups in total. The molecule has 0 aliphatic rings. The van der Waals surface area contributed by atoms with E-state index in [0.29, 0.717) is 11.0 Å². The maximum absolute atomic E-state index is 11.9. The first-order valence-corrected chi connectivity index (χ1v) is 6.33. The fourth-order valence-electron chi connectivity index (χ4n) is 1.26. The number of nitro benzene ring substituents is 1. The van der Waals surface area contributed by atoms with Crippen LogP contribution in [0.3, 0.4) is 0 Å². The highest BCUT2D eigenvalue weighted by molar-refractivity contribution is 9.10. The molecule has 1 aromatic carbocycles. The van der Waals surface area contributed by atoms with Gasteiger partial charge in [-0.05, 0) is 41.9 Å². The summed E-state index contributed by atoms with van der Waals surface area (Å²) in [6.07, 6.45) is 0. The summed E-state index contributed by atoms with van der Waals surface area (Å²) in [5, 5.41) is 13.5. The highest BCUT2D eigenvalue weighted by atomic mass is 79.9. The van der Waals surface area contributed by atoms with Crippen molar-refractivity contribution in [2.75, 3.05) is 13.7 Å². The van der Waals surface area contributed by atoms with Crippen LogP contribution in [-0.4, -0.2) is 30.1 Å². The molecule has 6 nitrogen and oxygen atoms in total. The van der Waals surface area contributed by atoms with Crippen LogP contribution in [0.4, 0.5) is 5.69 Å². The number of hydrogen-bond acceptors (Lipinski definition) is 4. The van der Waals surface area contributed by atoms with Crippen LogP contribution in [-0.2, 0) is 4.74 Å². The lowest BCUT2D eigenvalue weighted by Crippen LogP contribution is -2.39. The van der Waals surface area contributed by atoms with E-state index in [2.05, 4.69) is 21.2 Å². The van der Waals surface area contributed by atoms with Crippen molar-refractivity contribution in [1.29, 1.82) is 0 Å². The van der Waals surface area contributed by atoms with Gasteiger partial charge < -0.3 is 10.1 Å². The number of carbonyl (C=O) groups is 1. The highest BCUT2D eigenvalue weighted by Gasteiger charge is 2.20. The highest BCUT2D eigenvalue weighted by Crippen LogP contribution is 2.25. The van der Waals surface area contributed by atoms with Gasteiger partial charge in [0.05, 0.1) is 15.0 Å². The molecule has 0 aromatic heterocycles. The van der Waals surface area contributed by atoms with E-state index in [0.717, 1.165) is 0 Å². The number of methoxy groups -OCH3 is 1. The van der Waals surface area contributed by atoms with Gasteiger partial charge in [-0.3, -0.25) is 14.9 Å². The Balaban J connectivity index is 2.84. The number of hydrogen-bond donors (Lipinski definition) is 1. The molecule has 0 radical (unpaired) electrons. The molecule has 1 amide bonds. The molecule has 0 aliphatic heterocycles. The molecule has 0 aliphatic carbocycles. The molecule has 104 valence electrons. The molecule has 19 heavy (non-hydrogen) atoms. The van der Waals surface area contributed by atoms with Gasteiger partial charge in [0, 0.05) is 25.3 Å². The van der Waals surface area contributed by atoms with Gasteiger partial charge in [0.25, 0.3) is 11.6 Å². The first-order valence-electron chi connectivity index (χ1n) is 5.54. The van der Waals surface area contributed by atoms with E-state index in [4.69, 9.17) is 4.74 Å². The van der Waals surface area contributed by atoms with E-state index >= 15 is 0 Å². The van der Waals surface area contributed by atoms with Crippen LogP contribution in [0.2, 0.25) is 0 Å². The zero-order valence-electron chi connectivity index (χ0n) is 10.9. The Hall–Kier alpha value is -1.47. The Morgan fingerprint density at radius 3 is 2.68 bits per heavy atom. The second-order valence-corrected chi connectivity index (χ2v) is 5.42. The molecule has 1 aromatic rings. The van der Waals surface area contributed by atoms with E-state index in [1.165, 1.54) is 18.2 Å². The monoisotopic (exact) mass is 330 g/mol. The van der Waals surface area contributed by atoms with E-state index in [1.807, 2.05) is 13.8 Å². The minimum absolute atomic E-state index is 0.140. The number of amides is 1. The second-order valence-electron chi connectivity index (χ2n) is 4.57. The third kappa shape index (κ3) is 4.29. The third-order valence-electron chi connectivity index (χ3n) is 2.63. The maximum Gasteiger partial charge on any atom is 0.284 e. The number of rotatable bonds is 5. The lowest BCUT2D eigenvalue weighted by molar-refractivity contribution is -0.385. The standard InChI is InChI=1S/C12H15BrN2O4/c1-12(2,19-3)7-14-11(16)8-4-5-9(13)10(6-8)15(17)18/h4-6H,7H2,1-3H3,(H,14,16). The molecular formula is C12H15BrN2O4. The average molecular weight is 331 g/mol. The van der Waals surface area contributed by atoms with Crippen molar-refractivity contribution < 1.29 is 14.5 Å². The molecule has 0 bridgehead atoms. The molecule has 0 saturated carbocycles. The number of carbonyl (C=O) groups excluding carboxylic acids is 1. The van der Waals surface area contributed by atoms with Crippen molar-refractivity contribution in [2.45, 2.75) is 19.4 Å². The normalized spacial score (nSPS) is 11.2. The fraction of sp³-hybridized carbons (Fsp3) is 0.417. The summed E-state index contributed by atoms with van der Waals surface area (Å²) in [5.74, 6) is -0.374. The molecule has 0 heterocycles. The zero-order chi connectivity index (χ0) is 14.6. The third-order valence-corrected chi connectivity index (χ3v) is 3.30. The van der Waals surface area contributed by atoms with Crippen molar-refractivity contribution in [3.05, 3.63) is 38.3 Å². The quantitative estimate of drug-likeness (QED) is 0.664. The molecule has 1 rings (SSSR count). The van der Waals surface area contributed by atoms with Crippen molar-refractivity contribution in [1.82, 2.24) is 5.32 Å². The van der Waals surface area contributed by atoms with Gasteiger partial charge in [-0.25, -0.2) is 0 Å². The lowest BCUT2D eigenvalue weighted by atomic mass is 10.1. The van der Waals surface area contributed by atoms with Gasteiger partial charge in [0.1, 0.15) is 0 Å². The van der Waals surface area contributed by atoms with E-state index in [-0.39, 0.29) is 17.2 Å². The van der Waals surface area contributed by atoms with Crippen LogP contribution < -0.4 is 5.32 Å². The SMILES string of the molecule is COC(C)(C)CNC(=O)c1ccc(Br)c([N+](=O)[O-])c1. The minimum Gasteiger partial charge on any atom is -0.377 e. The number of benzene rings is 1. The van der Waals surface area contributed by atoms with Crippen LogP contribution in [0, 0.1) is 10.1 Å². The smallest absolute Gasteiger partial charge is 0.284 e. The summed E-state index contributed by atoms with van der Waals surface area (Å²) in [7, 11) is 1.55. The molecule has 0 saturated heterocycles. The van der Waals surface area contributed by atoms with Crippen molar-refractivity contribution in [3.8, 4) is 0 Å². The number of nitrogens with one attached hydrogen (secondary N) is 1. The first kappa shape index (κ1) is 15.6. The Labute approximate surface area is 119 Å². The number of nitro groups is 1. The molecule has 0 fully saturated rings. The van der Waals surface area contributed by atoms with Crippen LogP contribution in [0.5, 0.6) is 0 Å². The van der Waals surface area contributed by atoms with Crippen LogP contribution >= 0.6 is 15.9 Å². The van der Waals surface area contributed by atoms with Crippen LogP contribution in [0.15, 0.2) is 22.7 Å². The number of nitrogens with zero attached hydrogens (tertiary/aromatic N) is 1. The Morgan fingerprint density at radius 2 is 2.16 bits per heavy atom. The Bertz CT molecular complexity index is 503. The van der Waals surface area contributed by atoms with Crippen molar-refractivity contribution in [2.24, 2.45) is 0 Å². The predicted molar refractivity (Wildman–Crippen MR) is 74.2 cm³/mol. The summed E-state index contributed by atoms with van der Waals surface area (Å²) >= 11 is 3.07. The van der Waals surface area contributed by atoms with Crippen molar-refractivity contribution >= 4 is 27.5 Å². The lowest BCUT2D eigenvalue weighted by Gasteiger charge is -2.23. The summed E-state index contributed by atoms with van der Waals surface area (Å²) in [5.41, 5.74) is -0.391. The van der Waals surface area contributed by atoms with Gasteiger partial charge in [0.2, 0.25) is 0 Å². The average Bonchev–Trinajstić information content (AvgIpc) is 2.36. The molecule has 7 heteroatoms. The summed E-state index contributed by atoms with van der Waals surface area (Å²) in [6, 6.07) is 4.24. The van der Waals surface area contributed by atoms with Gasteiger partial charge >= 0.3 is 0 Å². The van der Waals surface area contributed by atoms with E-state index in [9.17, 15) is 14.9 Å². The minimum atomic E-state index is -0.542. The van der Waals surface area contributed by atoms with Gasteiger partial charge in [-0.2, -0.15) is 0 Å². The molecular weight excluding hydrogens is 316 g/mol. The predicted octanol–water partition coefficient (Wildman–Crippen LogP) is 2.51. The van der Waals surface area contributed by atoms with E-state index in [1.54, 1.807) is 7.11 Å². The van der Waals surface area contributed by atoms with E-state index < -0.39 is 10.5 Å². The zero-order valence-corrected chi connectivity index (χ0v) is 12.5. The van der Waals surface area contributed by atoms with Gasteiger partial charge in [-0.15, -0.1) is 0 Å². The summed E-state index contributed by atoms with van der Waals surface area (Å²) in [6.45, 7) is 3.97. The Morgan fingerprint density at radius 1 is 1.53 bits per heavy atom. The van der Waals surface area contributed by atoms with Gasteiger partial charge in [-0.1, -0.05) is 0 Å². The first-order chi connectivity index (χ1) is 8.76. The summed E-state index contributed by atoms with van der Waals surface area (Å²) in [4.78, 5) is 22.1. The molecule has 0 unspecified atom stereocenters. The van der Waals surface area contributed by atoms with Gasteiger partial charge in [0.15, 0.2) is 0 Å². The Kier molecular flexibility index (Phi) is 5.02. The van der Waals surface area contributed by atoms with Crippen LogP contribution in [0.25, 0.3) is 0 Å². The topological polar surface area (TPSA) is 81.5 Å². The number of halogens is 1.